The van der Waals surface area contributed by atoms with Gasteiger partial charge in [0, 0.05) is 10.9 Å². The molecule has 0 N–H and O–H groups in total. The molecular weight excluding hydrogens is 290 g/mol. The maximum Gasteiger partial charge on any atom is 0.0994 e. The van der Waals surface area contributed by atoms with E-state index in [1.165, 1.54) is 0 Å². The normalized spacial score (nSPS) is 14.5. The van der Waals surface area contributed by atoms with Gasteiger partial charge in [0.05, 0.1) is 40.8 Å². The van der Waals surface area contributed by atoms with Crippen LogP contribution in [0.2, 0.25) is 0 Å². The van der Waals surface area contributed by atoms with E-state index in [1.807, 2.05) is 29.4 Å². The van der Waals surface area contributed by atoms with Gasteiger partial charge in [0.1, 0.15) is 0 Å². The van der Waals surface area contributed by atoms with Gasteiger partial charge in [0.15, 0.2) is 0 Å². The molecule has 0 amide bonds. The lowest BCUT2D eigenvalue weighted by atomic mass is 10.1. The first-order valence-corrected chi connectivity index (χ1v) is 7.66. The Balaban J connectivity index is 2.35. The summed E-state index contributed by atoms with van der Waals surface area (Å²) < 4.78 is 0. The maximum absolute atomic E-state index is 9.21. The van der Waals surface area contributed by atoms with Gasteiger partial charge < -0.3 is 4.90 Å². The summed E-state index contributed by atoms with van der Waals surface area (Å²) in [5, 5.41) is 11.2. The molecule has 0 radical (unpaired) electrons. The standard InChI is InChI=1S/C18H17N3S/c1-5-8-16(14(6-2)9-19)10-21-12-20-17-15(7-3)11-22-18(17)13(21)4/h5-8,11-12H,2-4,10H2,1H3/b8-5-,16-14-. The lowest BCUT2D eigenvalue weighted by Gasteiger charge is -2.25. The molecule has 0 unspecified atom stereocenters. The number of nitriles is 1. The molecule has 110 valence electrons. The number of allylic oxidation sites excluding steroid dienone is 3. The molecule has 0 aliphatic carbocycles. The van der Waals surface area contributed by atoms with Crippen molar-refractivity contribution in [2.75, 3.05) is 6.54 Å². The Bertz CT molecular complexity index is 754. The highest BCUT2D eigenvalue weighted by molar-refractivity contribution is 7.12. The Hall–Kier alpha value is -2.64. The van der Waals surface area contributed by atoms with Crippen molar-refractivity contribution in [2.45, 2.75) is 6.92 Å². The van der Waals surface area contributed by atoms with Gasteiger partial charge in [0.2, 0.25) is 0 Å². The molecule has 0 aromatic carbocycles. The van der Waals surface area contributed by atoms with E-state index in [0.29, 0.717) is 12.1 Å². The quantitative estimate of drug-likeness (QED) is 0.572. The van der Waals surface area contributed by atoms with Gasteiger partial charge in [-0.1, -0.05) is 44.0 Å². The third-order valence-corrected chi connectivity index (χ3v) is 4.36. The van der Waals surface area contributed by atoms with Crippen LogP contribution in [0, 0.1) is 11.3 Å². The summed E-state index contributed by atoms with van der Waals surface area (Å²) in [4.78, 5) is 7.49. The van der Waals surface area contributed by atoms with Crippen LogP contribution >= 0.6 is 11.3 Å². The molecule has 4 heteroatoms. The lowest BCUT2D eigenvalue weighted by Crippen LogP contribution is -2.24. The molecule has 2 rings (SSSR count). The summed E-state index contributed by atoms with van der Waals surface area (Å²) in [5.74, 6) is 0. The molecule has 0 saturated carbocycles. The van der Waals surface area contributed by atoms with Gasteiger partial charge in [-0.05, 0) is 12.5 Å². The summed E-state index contributed by atoms with van der Waals surface area (Å²) in [6.07, 6.45) is 8.96. The maximum atomic E-state index is 9.21. The molecule has 3 nitrogen and oxygen atoms in total. The third-order valence-electron chi connectivity index (χ3n) is 3.33. The third kappa shape index (κ3) is 2.85. The van der Waals surface area contributed by atoms with Crippen LogP contribution in [0.15, 0.2) is 59.5 Å². The largest absolute Gasteiger partial charge is 0.327 e. The van der Waals surface area contributed by atoms with Crippen molar-refractivity contribution < 1.29 is 0 Å². The van der Waals surface area contributed by atoms with E-state index in [-0.39, 0.29) is 0 Å². The zero-order chi connectivity index (χ0) is 16.1. The highest BCUT2D eigenvalue weighted by Crippen LogP contribution is 2.40. The van der Waals surface area contributed by atoms with Crippen LogP contribution < -0.4 is 0 Å². The minimum absolute atomic E-state index is 0.530. The van der Waals surface area contributed by atoms with Crippen LogP contribution in [-0.2, 0) is 0 Å². The van der Waals surface area contributed by atoms with Crippen LogP contribution in [-0.4, -0.2) is 17.8 Å². The number of fused-ring (bicyclic) bond motifs is 1. The fourth-order valence-corrected chi connectivity index (χ4v) is 3.16. The second kappa shape index (κ2) is 6.88. The first kappa shape index (κ1) is 15.7. The van der Waals surface area contributed by atoms with Crippen LogP contribution in [0.4, 0.5) is 5.69 Å². The molecule has 2 heterocycles. The van der Waals surface area contributed by atoms with E-state index in [2.05, 4.69) is 30.8 Å². The summed E-state index contributed by atoms with van der Waals surface area (Å²) in [7, 11) is 0. The number of aliphatic imine (C=N–C) groups is 1. The molecule has 0 fully saturated rings. The van der Waals surface area contributed by atoms with Gasteiger partial charge in [-0.2, -0.15) is 5.26 Å². The average molecular weight is 307 g/mol. The van der Waals surface area contributed by atoms with Gasteiger partial charge in [-0.3, -0.25) is 0 Å². The number of hydrogen-bond donors (Lipinski definition) is 0. The van der Waals surface area contributed by atoms with E-state index < -0.39 is 0 Å². The summed E-state index contributed by atoms with van der Waals surface area (Å²) in [6.45, 7) is 14.1. The van der Waals surface area contributed by atoms with E-state index in [4.69, 9.17) is 0 Å². The number of nitrogens with zero attached hydrogens (tertiary/aromatic N) is 3. The smallest absolute Gasteiger partial charge is 0.0994 e. The van der Waals surface area contributed by atoms with Gasteiger partial charge in [-0.25, -0.2) is 4.99 Å². The highest BCUT2D eigenvalue weighted by atomic mass is 32.1. The molecule has 1 aromatic heterocycles. The van der Waals surface area contributed by atoms with Gasteiger partial charge >= 0.3 is 0 Å². The summed E-state index contributed by atoms with van der Waals surface area (Å²) in [6, 6.07) is 2.17. The van der Waals surface area contributed by atoms with E-state index >= 15 is 0 Å². The zero-order valence-electron chi connectivity index (χ0n) is 12.5. The Morgan fingerprint density at radius 2 is 2.27 bits per heavy atom. The Morgan fingerprint density at radius 3 is 2.86 bits per heavy atom. The molecular formula is C18H17N3S. The second-order valence-corrected chi connectivity index (χ2v) is 5.53. The molecule has 22 heavy (non-hydrogen) atoms. The van der Waals surface area contributed by atoms with Crippen molar-refractivity contribution in [2.24, 2.45) is 4.99 Å². The number of thiophene rings is 1. The monoisotopic (exact) mass is 307 g/mol. The van der Waals surface area contributed by atoms with E-state index in [0.717, 1.165) is 27.4 Å². The second-order valence-electron chi connectivity index (χ2n) is 4.65. The predicted octanol–water partition coefficient (Wildman–Crippen LogP) is 4.92. The summed E-state index contributed by atoms with van der Waals surface area (Å²) in [5.41, 5.74) is 4.26. The van der Waals surface area contributed by atoms with Crippen LogP contribution in [0.1, 0.15) is 17.4 Å². The molecule has 0 atom stereocenters. The van der Waals surface area contributed by atoms with E-state index in [1.54, 1.807) is 29.8 Å². The topological polar surface area (TPSA) is 39.4 Å². The highest BCUT2D eigenvalue weighted by Gasteiger charge is 2.21. The molecule has 1 aromatic rings. The van der Waals surface area contributed by atoms with Crippen molar-refractivity contribution in [3.8, 4) is 6.07 Å². The zero-order valence-corrected chi connectivity index (χ0v) is 13.4. The Morgan fingerprint density at radius 1 is 1.50 bits per heavy atom. The Labute approximate surface area is 135 Å². The van der Waals surface area contributed by atoms with Crippen molar-refractivity contribution in [1.29, 1.82) is 5.26 Å². The number of hydrogen-bond acceptors (Lipinski definition) is 4. The summed E-state index contributed by atoms with van der Waals surface area (Å²) >= 11 is 1.60. The number of rotatable bonds is 5. The van der Waals surface area contributed by atoms with Crippen LogP contribution in [0.3, 0.4) is 0 Å². The Kier molecular flexibility index (Phi) is 4.92. The molecule has 1 aliphatic heterocycles. The minimum Gasteiger partial charge on any atom is -0.327 e. The van der Waals surface area contributed by atoms with E-state index in [9.17, 15) is 5.26 Å². The van der Waals surface area contributed by atoms with Crippen molar-refractivity contribution >= 4 is 35.1 Å². The fraction of sp³-hybridized carbons (Fsp3) is 0.111. The van der Waals surface area contributed by atoms with Crippen LogP contribution in [0.5, 0.6) is 0 Å². The molecule has 0 bridgehead atoms. The lowest BCUT2D eigenvalue weighted by molar-refractivity contribution is 0.653. The first-order chi connectivity index (χ1) is 10.7. The van der Waals surface area contributed by atoms with Crippen molar-refractivity contribution in [1.82, 2.24) is 4.90 Å². The van der Waals surface area contributed by atoms with Crippen molar-refractivity contribution in [3.63, 3.8) is 0 Å². The molecule has 0 spiro atoms. The van der Waals surface area contributed by atoms with Crippen molar-refractivity contribution in [3.05, 3.63) is 64.9 Å². The average Bonchev–Trinajstić information content (AvgIpc) is 2.95. The SMILES string of the molecule is C=C/C(C#N)=C(\C=C/C)CN1C=Nc2c(C=C)csc2C1=C. The molecule has 0 saturated heterocycles. The molecule has 1 aliphatic rings. The predicted molar refractivity (Wildman–Crippen MR) is 96.0 cm³/mol. The minimum atomic E-state index is 0.530. The van der Waals surface area contributed by atoms with Gasteiger partial charge in [-0.15, -0.1) is 11.3 Å². The van der Waals surface area contributed by atoms with Crippen LogP contribution in [0.25, 0.3) is 11.8 Å². The fourth-order valence-electron chi connectivity index (χ4n) is 2.17. The van der Waals surface area contributed by atoms with Gasteiger partial charge in [0.25, 0.3) is 0 Å². The first-order valence-electron chi connectivity index (χ1n) is 6.78.